The second-order valence-corrected chi connectivity index (χ2v) is 6.82. The van der Waals surface area contributed by atoms with E-state index in [1.807, 2.05) is 23.1 Å². The number of aryl methyl sites for hydroxylation is 1. The van der Waals surface area contributed by atoms with Gasteiger partial charge in [0.1, 0.15) is 0 Å². The van der Waals surface area contributed by atoms with E-state index in [-0.39, 0.29) is 0 Å². The van der Waals surface area contributed by atoms with Crippen molar-refractivity contribution >= 4 is 23.1 Å². The molecule has 0 amide bonds. The van der Waals surface area contributed by atoms with Crippen LogP contribution < -0.4 is 5.32 Å². The fraction of sp³-hybridized carbons (Fsp3) is 0.375. The van der Waals surface area contributed by atoms with Crippen LogP contribution in [0.4, 0.5) is 0 Å². The number of thiophene rings is 1. The molecule has 1 N–H and O–H groups in total. The summed E-state index contributed by atoms with van der Waals surface area (Å²) < 4.78 is 0. The van der Waals surface area contributed by atoms with Crippen molar-refractivity contribution in [2.24, 2.45) is 0 Å². The molecule has 1 unspecified atom stereocenters. The standard InChI is InChI=1S/C16H21NS2/c1-13-5-3-6-15(11-13)12-18-10-8-17-14(2)16-7-4-9-19-16/h3-7,9,11,14,17H,8,10,12H2,1-2H3. The zero-order valence-corrected chi connectivity index (χ0v) is 13.2. The van der Waals surface area contributed by atoms with Gasteiger partial charge in [0.05, 0.1) is 0 Å². The maximum atomic E-state index is 3.57. The molecular weight excluding hydrogens is 270 g/mol. The molecular formula is C16H21NS2. The molecule has 0 aliphatic carbocycles. The highest BCUT2D eigenvalue weighted by Gasteiger charge is 2.04. The first-order valence-corrected chi connectivity index (χ1v) is 8.69. The first kappa shape index (κ1) is 14.6. The molecule has 19 heavy (non-hydrogen) atoms. The smallest absolute Gasteiger partial charge is 0.0386 e. The van der Waals surface area contributed by atoms with Gasteiger partial charge in [-0.3, -0.25) is 0 Å². The van der Waals surface area contributed by atoms with E-state index in [0.717, 1.165) is 18.1 Å². The van der Waals surface area contributed by atoms with Gasteiger partial charge in [-0.25, -0.2) is 0 Å². The van der Waals surface area contributed by atoms with Crippen LogP contribution in [-0.2, 0) is 5.75 Å². The van der Waals surface area contributed by atoms with Crippen LogP contribution in [0.1, 0.15) is 29.0 Å². The van der Waals surface area contributed by atoms with E-state index in [0.29, 0.717) is 6.04 Å². The van der Waals surface area contributed by atoms with E-state index < -0.39 is 0 Å². The average Bonchev–Trinajstić information content (AvgIpc) is 2.92. The van der Waals surface area contributed by atoms with Gasteiger partial charge >= 0.3 is 0 Å². The van der Waals surface area contributed by atoms with Crippen LogP contribution >= 0.6 is 23.1 Å². The van der Waals surface area contributed by atoms with Crippen LogP contribution in [0.5, 0.6) is 0 Å². The molecule has 1 nitrogen and oxygen atoms in total. The quantitative estimate of drug-likeness (QED) is 0.746. The van der Waals surface area contributed by atoms with E-state index in [4.69, 9.17) is 0 Å². The molecule has 1 aromatic carbocycles. The normalized spacial score (nSPS) is 12.5. The zero-order chi connectivity index (χ0) is 13.5. The molecule has 1 aromatic heterocycles. The lowest BCUT2D eigenvalue weighted by atomic mass is 10.2. The predicted octanol–water partition coefficient (Wildman–Crippen LogP) is 4.64. The van der Waals surface area contributed by atoms with Gasteiger partial charge in [-0.15, -0.1) is 11.3 Å². The van der Waals surface area contributed by atoms with Crippen molar-refractivity contribution in [2.75, 3.05) is 12.3 Å². The Morgan fingerprint density at radius 2 is 2.16 bits per heavy atom. The molecule has 1 atom stereocenters. The molecule has 3 heteroatoms. The van der Waals surface area contributed by atoms with Crippen LogP contribution in [0.25, 0.3) is 0 Å². The first-order valence-electron chi connectivity index (χ1n) is 6.66. The van der Waals surface area contributed by atoms with Gasteiger partial charge in [-0.2, -0.15) is 11.8 Å². The predicted molar refractivity (Wildman–Crippen MR) is 88.1 cm³/mol. The minimum atomic E-state index is 0.472. The average molecular weight is 291 g/mol. The summed E-state index contributed by atoms with van der Waals surface area (Å²) in [5.41, 5.74) is 2.78. The van der Waals surface area contributed by atoms with Crippen molar-refractivity contribution in [3.05, 3.63) is 57.8 Å². The third-order valence-corrected chi connectivity index (χ3v) is 5.10. The highest BCUT2D eigenvalue weighted by atomic mass is 32.2. The Balaban J connectivity index is 1.62. The number of benzene rings is 1. The second kappa shape index (κ2) is 7.73. The largest absolute Gasteiger partial charge is 0.309 e. The molecule has 0 aliphatic rings. The van der Waals surface area contributed by atoms with E-state index >= 15 is 0 Å². The molecule has 0 saturated heterocycles. The summed E-state index contributed by atoms with van der Waals surface area (Å²) in [7, 11) is 0. The number of hydrogen-bond acceptors (Lipinski definition) is 3. The Kier molecular flexibility index (Phi) is 5.95. The summed E-state index contributed by atoms with van der Waals surface area (Å²) in [5.74, 6) is 2.26. The van der Waals surface area contributed by atoms with Crippen molar-refractivity contribution in [2.45, 2.75) is 25.6 Å². The third-order valence-electron chi connectivity index (χ3n) is 3.02. The summed E-state index contributed by atoms with van der Waals surface area (Å²) >= 11 is 3.82. The maximum Gasteiger partial charge on any atom is 0.0386 e. The van der Waals surface area contributed by atoms with Gasteiger partial charge in [-0.05, 0) is 30.9 Å². The lowest BCUT2D eigenvalue weighted by Gasteiger charge is -2.11. The fourth-order valence-corrected chi connectivity index (χ4v) is 3.56. The molecule has 0 radical (unpaired) electrons. The summed E-state index contributed by atoms with van der Waals surface area (Å²) in [4.78, 5) is 1.42. The molecule has 0 bridgehead atoms. The molecule has 2 rings (SSSR count). The van der Waals surface area contributed by atoms with Gasteiger partial charge in [0.15, 0.2) is 0 Å². The molecule has 0 saturated carbocycles. The van der Waals surface area contributed by atoms with Crippen molar-refractivity contribution in [3.63, 3.8) is 0 Å². The molecule has 0 aliphatic heterocycles. The van der Waals surface area contributed by atoms with Crippen LogP contribution in [0.15, 0.2) is 41.8 Å². The summed E-state index contributed by atoms with van der Waals surface area (Å²) in [6.07, 6.45) is 0. The minimum absolute atomic E-state index is 0.472. The van der Waals surface area contributed by atoms with Gasteiger partial charge in [0, 0.05) is 29.0 Å². The summed E-state index contributed by atoms with van der Waals surface area (Å²) in [5, 5.41) is 5.71. The third kappa shape index (κ3) is 5.01. The van der Waals surface area contributed by atoms with Crippen molar-refractivity contribution < 1.29 is 0 Å². The van der Waals surface area contributed by atoms with Crippen LogP contribution in [0, 0.1) is 6.92 Å². The fourth-order valence-electron chi connectivity index (χ4n) is 1.98. The van der Waals surface area contributed by atoms with Gasteiger partial charge < -0.3 is 5.32 Å². The maximum absolute atomic E-state index is 3.57. The Morgan fingerprint density at radius 3 is 2.89 bits per heavy atom. The Bertz CT molecular complexity index is 479. The van der Waals surface area contributed by atoms with E-state index in [9.17, 15) is 0 Å². The Labute approximate surface area is 124 Å². The highest BCUT2D eigenvalue weighted by Crippen LogP contribution is 2.18. The van der Waals surface area contributed by atoms with E-state index in [2.05, 4.69) is 60.9 Å². The Hall–Kier alpha value is -0.770. The molecule has 102 valence electrons. The number of hydrogen-bond donors (Lipinski definition) is 1. The Morgan fingerprint density at radius 1 is 1.26 bits per heavy atom. The second-order valence-electron chi connectivity index (χ2n) is 4.73. The number of thioether (sulfide) groups is 1. The van der Waals surface area contributed by atoms with Crippen LogP contribution in [0.2, 0.25) is 0 Å². The summed E-state index contributed by atoms with van der Waals surface area (Å²) in [6.45, 7) is 5.45. The monoisotopic (exact) mass is 291 g/mol. The number of nitrogens with one attached hydrogen (secondary N) is 1. The lowest BCUT2D eigenvalue weighted by Crippen LogP contribution is -2.20. The molecule has 0 fully saturated rings. The van der Waals surface area contributed by atoms with E-state index in [1.165, 1.54) is 16.0 Å². The lowest BCUT2D eigenvalue weighted by molar-refractivity contribution is 0.610. The van der Waals surface area contributed by atoms with Gasteiger partial charge in [-0.1, -0.05) is 35.9 Å². The van der Waals surface area contributed by atoms with Gasteiger partial charge in [0.25, 0.3) is 0 Å². The zero-order valence-electron chi connectivity index (χ0n) is 11.6. The van der Waals surface area contributed by atoms with Crippen molar-refractivity contribution in [1.29, 1.82) is 0 Å². The first-order chi connectivity index (χ1) is 9.25. The van der Waals surface area contributed by atoms with Crippen molar-refractivity contribution in [1.82, 2.24) is 5.32 Å². The van der Waals surface area contributed by atoms with Crippen LogP contribution in [-0.4, -0.2) is 12.3 Å². The minimum Gasteiger partial charge on any atom is -0.309 e. The van der Waals surface area contributed by atoms with Crippen LogP contribution in [0.3, 0.4) is 0 Å². The molecule has 2 aromatic rings. The number of rotatable bonds is 7. The SMILES string of the molecule is Cc1cccc(CSCCNC(C)c2cccs2)c1. The van der Waals surface area contributed by atoms with Crippen molar-refractivity contribution in [3.8, 4) is 0 Å². The molecule has 1 heterocycles. The highest BCUT2D eigenvalue weighted by molar-refractivity contribution is 7.98. The molecule has 0 spiro atoms. The summed E-state index contributed by atoms with van der Waals surface area (Å²) in [6, 6.07) is 13.6. The topological polar surface area (TPSA) is 12.0 Å². The van der Waals surface area contributed by atoms with E-state index in [1.54, 1.807) is 0 Å². The van der Waals surface area contributed by atoms with Gasteiger partial charge in [0.2, 0.25) is 0 Å².